The largest absolute Gasteiger partial charge is 0.490 e. The molecule has 2 aromatic carbocycles. The number of hydrogen-bond donors (Lipinski definition) is 3. The van der Waals surface area contributed by atoms with Gasteiger partial charge in [-0.25, -0.2) is 0 Å². The molecule has 0 spiro atoms. The number of benzene rings is 2. The average Bonchev–Trinajstić information content (AvgIpc) is 2.56. The van der Waals surface area contributed by atoms with Gasteiger partial charge in [-0.1, -0.05) is 12.1 Å². The molecule has 0 aromatic heterocycles. The Balaban J connectivity index is 1.99. The monoisotopic (exact) mass is 371 g/mol. The van der Waals surface area contributed by atoms with Crippen molar-refractivity contribution in [2.75, 3.05) is 10.6 Å². The van der Waals surface area contributed by atoms with Crippen LogP contribution in [-0.4, -0.2) is 23.0 Å². The van der Waals surface area contributed by atoms with Gasteiger partial charge in [0.25, 0.3) is 5.91 Å². The van der Waals surface area contributed by atoms with Gasteiger partial charge >= 0.3 is 0 Å². The molecule has 0 bridgehead atoms. The molecule has 0 aliphatic carbocycles. The normalized spacial score (nSPS) is 10.2. The molecule has 0 saturated carbocycles. The Labute approximate surface area is 157 Å². The fourth-order valence-electron chi connectivity index (χ4n) is 2.18. The van der Waals surface area contributed by atoms with Crippen LogP contribution in [0.2, 0.25) is 0 Å². The van der Waals surface area contributed by atoms with Crippen molar-refractivity contribution in [3.05, 3.63) is 54.1 Å². The molecule has 0 fully saturated rings. The Morgan fingerprint density at radius 1 is 0.962 bits per heavy atom. The third-order valence-corrected chi connectivity index (χ3v) is 3.39. The molecule has 0 aliphatic heterocycles. The van der Waals surface area contributed by atoms with Crippen LogP contribution >= 0.6 is 12.2 Å². The Bertz CT molecular complexity index is 804. The first-order chi connectivity index (χ1) is 12.3. The Hall–Kier alpha value is -2.93. The number of carbonyl (C=O) groups is 2. The lowest BCUT2D eigenvalue weighted by atomic mass is 10.2. The first-order valence-electron chi connectivity index (χ1n) is 8.11. The lowest BCUT2D eigenvalue weighted by Crippen LogP contribution is -2.34. The van der Waals surface area contributed by atoms with E-state index < -0.39 is 0 Å². The van der Waals surface area contributed by atoms with E-state index >= 15 is 0 Å². The van der Waals surface area contributed by atoms with E-state index in [2.05, 4.69) is 16.0 Å². The van der Waals surface area contributed by atoms with Gasteiger partial charge in [-0.2, -0.15) is 0 Å². The summed E-state index contributed by atoms with van der Waals surface area (Å²) in [7, 11) is 0. The van der Waals surface area contributed by atoms with E-state index in [1.165, 1.54) is 6.92 Å². The van der Waals surface area contributed by atoms with Crippen LogP contribution in [0.3, 0.4) is 0 Å². The fourth-order valence-corrected chi connectivity index (χ4v) is 2.39. The van der Waals surface area contributed by atoms with Gasteiger partial charge in [0.05, 0.1) is 11.7 Å². The zero-order valence-corrected chi connectivity index (χ0v) is 15.6. The van der Waals surface area contributed by atoms with Gasteiger partial charge < -0.3 is 15.4 Å². The molecule has 0 aliphatic rings. The number of anilines is 2. The highest BCUT2D eigenvalue weighted by Gasteiger charge is 2.14. The first-order valence-corrected chi connectivity index (χ1v) is 8.51. The van der Waals surface area contributed by atoms with Gasteiger partial charge in [-0.15, -0.1) is 0 Å². The molecule has 136 valence electrons. The highest BCUT2D eigenvalue weighted by atomic mass is 32.1. The minimum Gasteiger partial charge on any atom is -0.490 e. The van der Waals surface area contributed by atoms with Crippen LogP contribution in [0.5, 0.6) is 5.75 Å². The lowest BCUT2D eigenvalue weighted by molar-refractivity contribution is -0.114. The summed E-state index contributed by atoms with van der Waals surface area (Å²) >= 11 is 5.19. The number of thiocarbonyl (C=S) groups is 1. The smallest absolute Gasteiger partial charge is 0.261 e. The van der Waals surface area contributed by atoms with Crippen LogP contribution < -0.4 is 20.7 Å². The van der Waals surface area contributed by atoms with Crippen molar-refractivity contribution >= 4 is 40.5 Å². The lowest BCUT2D eigenvalue weighted by Gasteiger charge is -2.15. The maximum absolute atomic E-state index is 12.5. The van der Waals surface area contributed by atoms with Crippen LogP contribution in [-0.2, 0) is 4.79 Å². The van der Waals surface area contributed by atoms with Crippen molar-refractivity contribution in [2.45, 2.75) is 26.9 Å². The molecule has 0 unspecified atom stereocenters. The van der Waals surface area contributed by atoms with Gasteiger partial charge in [0.2, 0.25) is 5.91 Å². The Morgan fingerprint density at radius 3 is 2.12 bits per heavy atom. The van der Waals surface area contributed by atoms with Crippen molar-refractivity contribution in [1.82, 2.24) is 5.32 Å². The molecule has 7 heteroatoms. The summed E-state index contributed by atoms with van der Waals surface area (Å²) in [5.41, 5.74) is 1.78. The van der Waals surface area contributed by atoms with Gasteiger partial charge in [-0.05, 0) is 62.5 Å². The van der Waals surface area contributed by atoms with E-state index in [0.717, 1.165) is 0 Å². The molecular weight excluding hydrogens is 350 g/mol. The number of ether oxygens (including phenoxy) is 1. The van der Waals surface area contributed by atoms with Gasteiger partial charge in [0.15, 0.2) is 5.11 Å². The number of amides is 2. The van der Waals surface area contributed by atoms with Crippen molar-refractivity contribution < 1.29 is 14.3 Å². The second-order valence-electron chi connectivity index (χ2n) is 5.83. The van der Waals surface area contributed by atoms with Gasteiger partial charge in [0, 0.05) is 18.3 Å². The zero-order chi connectivity index (χ0) is 19.1. The van der Waals surface area contributed by atoms with Crippen LogP contribution in [0.25, 0.3) is 0 Å². The van der Waals surface area contributed by atoms with Crippen molar-refractivity contribution in [3.8, 4) is 5.75 Å². The quantitative estimate of drug-likeness (QED) is 0.701. The van der Waals surface area contributed by atoms with Gasteiger partial charge in [0.1, 0.15) is 5.75 Å². The summed E-state index contributed by atoms with van der Waals surface area (Å²) in [6, 6.07) is 14.0. The predicted molar refractivity (Wildman–Crippen MR) is 107 cm³/mol. The topological polar surface area (TPSA) is 79.5 Å². The number of para-hydroxylation sites is 1. The van der Waals surface area contributed by atoms with E-state index in [1.807, 2.05) is 19.9 Å². The molecule has 3 N–H and O–H groups in total. The molecule has 0 atom stereocenters. The van der Waals surface area contributed by atoms with Crippen molar-refractivity contribution in [1.29, 1.82) is 0 Å². The Kier molecular flexibility index (Phi) is 6.68. The van der Waals surface area contributed by atoms with Crippen LogP contribution in [0.1, 0.15) is 31.1 Å². The minimum atomic E-state index is -0.353. The van der Waals surface area contributed by atoms with E-state index in [-0.39, 0.29) is 23.0 Å². The van der Waals surface area contributed by atoms with Crippen LogP contribution in [0, 0.1) is 0 Å². The van der Waals surface area contributed by atoms with E-state index in [9.17, 15) is 9.59 Å². The molecular formula is C19H21N3O3S. The van der Waals surface area contributed by atoms with Crippen molar-refractivity contribution in [3.63, 3.8) is 0 Å². The average molecular weight is 371 g/mol. The summed E-state index contributed by atoms with van der Waals surface area (Å²) in [5, 5.41) is 8.41. The summed E-state index contributed by atoms with van der Waals surface area (Å²) in [6.07, 6.45) is -0.0452. The molecule has 0 saturated heterocycles. The molecule has 2 amide bonds. The summed E-state index contributed by atoms with van der Waals surface area (Å²) in [4.78, 5) is 23.5. The van der Waals surface area contributed by atoms with Crippen LogP contribution in [0.4, 0.5) is 11.4 Å². The predicted octanol–water partition coefficient (Wildman–Crippen LogP) is 3.56. The van der Waals surface area contributed by atoms with Gasteiger partial charge in [-0.3, -0.25) is 14.9 Å². The summed E-state index contributed by atoms with van der Waals surface area (Å²) in [5.74, 6) is 0.00634. The zero-order valence-electron chi connectivity index (χ0n) is 14.8. The molecule has 2 aromatic rings. The molecule has 0 heterocycles. The third kappa shape index (κ3) is 5.86. The van der Waals surface area contributed by atoms with E-state index in [0.29, 0.717) is 22.7 Å². The summed E-state index contributed by atoms with van der Waals surface area (Å²) < 4.78 is 5.65. The van der Waals surface area contributed by atoms with E-state index in [4.69, 9.17) is 17.0 Å². The highest BCUT2D eigenvalue weighted by molar-refractivity contribution is 7.80. The number of rotatable bonds is 5. The molecule has 26 heavy (non-hydrogen) atoms. The highest BCUT2D eigenvalue weighted by Crippen LogP contribution is 2.19. The molecule has 6 nitrogen and oxygen atoms in total. The maximum Gasteiger partial charge on any atom is 0.261 e. The second-order valence-corrected chi connectivity index (χ2v) is 6.24. The second kappa shape index (κ2) is 8.96. The Morgan fingerprint density at radius 2 is 1.54 bits per heavy atom. The standard InChI is InChI=1S/C19H21N3O3S/c1-12(2)25-17-7-5-4-6-16(17)18(24)22-19(26)21-15-10-8-14(9-11-15)20-13(3)23/h4-12H,1-3H3,(H,20,23)(H2,21,22,24,26). The SMILES string of the molecule is CC(=O)Nc1ccc(NC(=S)NC(=O)c2ccccc2OC(C)C)cc1. The van der Waals surface area contributed by atoms with Crippen molar-refractivity contribution in [2.24, 2.45) is 0 Å². The molecule has 0 radical (unpaired) electrons. The van der Waals surface area contributed by atoms with E-state index in [1.54, 1.807) is 42.5 Å². The number of nitrogens with one attached hydrogen (secondary N) is 3. The molecule has 2 rings (SSSR count). The maximum atomic E-state index is 12.5. The van der Waals surface area contributed by atoms with Crippen LogP contribution in [0.15, 0.2) is 48.5 Å². The first kappa shape index (κ1) is 19.4. The summed E-state index contributed by atoms with van der Waals surface area (Å²) in [6.45, 7) is 5.23. The number of carbonyl (C=O) groups excluding carboxylic acids is 2. The third-order valence-electron chi connectivity index (χ3n) is 3.18. The minimum absolute atomic E-state index is 0.0452. The fraction of sp³-hybridized carbons (Fsp3) is 0.211. The number of hydrogen-bond acceptors (Lipinski definition) is 4.